The van der Waals surface area contributed by atoms with Crippen LogP contribution in [0, 0.1) is 5.92 Å². The lowest BCUT2D eigenvalue weighted by Crippen LogP contribution is -2.43. The summed E-state index contributed by atoms with van der Waals surface area (Å²) in [6, 6.07) is 16.1. The molecule has 7 nitrogen and oxygen atoms in total. The van der Waals surface area contributed by atoms with Gasteiger partial charge in [-0.3, -0.25) is 9.59 Å². The van der Waals surface area contributed by atoms with Crippen molar-refractivity contribution in [2.75, 3.05) is 6.61 Å². The number of benzene rings is 2. The third kappa shape index (κ3) is 6.21. The maximum absolute atomic E-state index is 12.8. The van der Waals surface area contributed by atoms with Gasteiger partial charge in [-0.05, 0) is 54.4 Å². The van der Waals surface area contributed by atoms with Crippen molar-refractivity contribution < 1.29 is 24.2 Å². The maximum Gasteiger partial charge on any atom is 0.407 e. The minimum absolute atomic E-state index is 0.0202. The summed E-state index contributed by atoms with van der Waals surface area (Å²) in [7, 11) is 0. The number of alkyl carbamates (subject to hydrolysis) is 1. The number of rotatable bonds is 9. The molecule has 1 fully saturated rings. The quantitative estimate of drug-likeness (QED) is 0.478. The zero-order valence-corrected chi connectivity index (χ0v) is 20.2. The van der Waals surface area contributed by atoms with Crippen molar-refractivity contribution in [3.63, 3.8) is 0 Å². The van der Waals surface area contributed by atoms with Gasteiger partial charge < -0.3 is 20.5 Å². The van der Waals surface area contributed by atoms with Gasteiger partial charge in [-0.2, -0.15) is 0 Å². The van der Waals surface area contributed by atoms with Crippen LogP contribution in [0.15, 0.2) is 48.5 Å². The van der Waals surface area contributed by atoms with Crippen LogP contribution in [0.3, 0.4) is 0 Å². The Morgan fingerprint density at radius 1 is 1.00 bits per heavy atom. The summed E-state index contributed by atoms with van der Waals surface area (Å²) >= 11 is 0. The van der Waals surface area contributed by atoms with Crippen molar-refractivity contribution in [3.8, 4) is 11.1 Å². The molecule has 0 bridgehead atoms. The van der Waals surface area contributed by atoms with Gasteiger partial charge in [0.1, 0.15) is 6.61 Å². The second kappa shape index (κ2) is 11.4. The van der Waals surface area contributed by atoms with E-state index in [2.05, 4.69) is 34.9 Å². The van der Waals surface area contributed by atoms with Gasteiger partial charge in [0.15, 0.2) is 0 Å². The smallest absolute Gasteiger partial charge is 0.407 e. The number of carboxylic acids is 1. The molecule has 2 aromatic carbocycles. The van der Waals surface area contributed by atoms with Crippen molar-refractivity contribution in [1.82, 2.24) is 10.6 Å². The van der Waals surface area contributed by atoms with Gasteiger partial charge in [0, 0.05) is 24.4 Å². The van der Waals surface area contributed by atoms with Crippen molar-refractivity contribution in [1.29, 1.82) is 0 Å². The van der Waals surface area contributed by atoms with Gasteiger partial charge in [0.05, 0.1) is 6.42 Å². The van der Waals surface area contributed by atoms with Gasteiger partial charge in [-0.15, -0.1) is 0 Å². The van der Waals surface area contributed by atoms with Crippen LogP contribution in [0.25, 0.3) is 11.1 Å². The lowest BCUT2D eigenvalue weighted by molar-refractivity contribution is -0.137. The summed E-state index contributed by atoms with van der Waals surface area (Å²) in [4.78, 5) is 35.8. The molecule has 0 spiro atoms. The Hall–Kier alpha value is -3.35. The molecule has 2 aromatic rings. The molecule has 0 aliphatic heterocycles. The van der Waals surface area contributed by atoms with E-state index < -0.39 is 18.1 Å². The summed E-state index contributed by atoms with van der Waals surface area (Å²) < 4.78 is 5.72. The summed E-state index contributed by atoms with van der Waals surface area (Å²) in [6.45, 7) is 1.97. The summed E-state index contributed by atoms with van der Waals surface area (Å²) in [5, 5.41) is 14.7. The molecule has 1 saturated carbocycles. The fourth-order valence-electron chi connectivity index (χ4n) is 5.51. The van der Waals surface area contributed by atoms with Crippen LogP contribution < -0.4 is 10.6 Å². The molecule has 4 rings (SSSR count). The highest BCUT2D eigenvalue weighted by molar-refractivity contribution is 5.79. The Labute approximate surface area is 206 Å². The molecule has 0 heterocycles. The van der Waals surface area contributed by atoms with Crippen LogP contribution in [0.4, 0.5) is 4.79 Å². The van der Waals surface area contributed by atoms with E-state index in [0.29, 0.717) is 12.8 Å². The van der Waals surface area contributed by atoms with Crippen molar-refractivity contribution >= 4 is 18.0 Å². The minimum atomic E-state index is -0.933. The van der Waals surface area contributed by atoms with Crippen LogP contribution in [0.5, 0.6) is 0 Å². The van der Waals surface area contributed by atoms with E-state index in [9.17, 15) is 14.4 Å². The van der Waals surface area contributed by atoms with Crippen molar-refractivity contribution in [2.24, 2.45) is 5.92 Å². The fourth-order valence-corrected chi connectivity index (χ4v) is 5.51. The molecular formula is C28H34N2O5. The largest absolute Gasteiger partial charge is 0.481 e. The average molecular weight is 479 g/mol. The van der Waals surface area contributed by atoms with Crippen LogP contribution in [-0.2, 0) is 14.3 Å². The van der Waals surface area contributed by atoms with Gasteiger partial charge in [0.2, 0.25) is 5.91 Å². The molecule has 3 N–H and O–H groups in total. The molecule has 2 unspecified atom stereocenters. The number of hydrogen-bond acceptors (Lipinski definition) is 4. The van der Waals surface area contributed by atoms with Gasteiger partial charge >= 0.3 is 12.1 Å². The summed E-state index contributed by atoms with van der Waals surface area (Å²) in [5.74, 6) is -0.863. The number of ether oxygens (including phenoxy) is 1. The molecule has 0 aromatic heterocycles. The predicted octanol–water partition coefficient (Wildman–Crippen LogP) is 4.84. The number of carbonyl (C=O) groups excluding carboxylic acids is 2. The third-order valence-corrected chi connectivity index (χ3v) is 7.19. The minimum Gasteiger partial charge on any atom is -0.481 e. The van der Waals surface area contributed by atoms with Crippen LogP contribution in [0.2, 0.25) is 0 Å². The van der Waals surface area contributed by atoms with E-state index in [0.717, 1.165) is 25.7 Å². The predicted molar refractivity (Wildman–Crippen MR) is 133 cm³/mol. The van der Waals surface area contributed by atoms with Crippen molar-refractivity contribution in [3.05, 3.63) is 59.7 Å². The molecular weight excluding hydrogens is 444 g/mol. The summed E-state index contributed by atoms with van der Waals surface area (Å²) in [6.07, 6.45) is 4.39. The average Bonchev–Trinajstić information content (AvgIpc) is 3.15. The number of amides is 2. The van der Waals surface area contributed by atoms with Gasteiger partial charge in [-0.25, -0.2) is 4.79 Å². The van der Waals surface area contributed by atoms with Crippen molar-refractivity contribution in [2.45, 2.75) is 69.9 Å². The van der Waals surface area contributed by atoms with Gasteiger partial charge in [0.25, 0.3) is 0 Å². The standard InChI is InChI=1S/C28H34N2O5/c1-18(16-27(32)33)29-26(31)15-14-19-8-2-7-13-25(19)30-28(34)35-17-24-22-11-5-3-9-20(22)21-10-4-6-12-23(21)24/h3-6,9-12,18-19,24-25H,2,7-8,13-17H2,1H3,(H,29,31)(H,30,34)(H,32,33)/t18-,19?,25?/m0/s1. The molecule has 35 heavy (non-hydrogen) atoms. The van der Waals surface area contributed by atoms with Crippen LogP contribution in [-0.4, -0.2) is 41.8 Å². The molecule has 7 heteroatoms. The maximum atomic E-state index is 12.8. The number of hydrogen-bond donors (Lipinski definition) is 3. The molecule has 3 atom stereocenters. The van der Waals surface area contributed by atoms with Crippen LogP contribution in [0.1, 0.15) is 68.9 Å². The Morgan fingerprint density at radius 3 is 2.29 bits per heavy atom. The second-order valence-corrected chi connectivity index (χ2v) is 9.73. The van der Waals surface area contributed by atoms with Gasteiger partial charge in [-0.1, -0.05) is 61.4 Å². The normalized spacial score (nSPS) is 19.8. The number of nitrogens with one attached hydrogen (secondary N) is 2. The molecule has 0 saturated heterocycles. The third-order valence-electron chi connectivity index (χ3n) is 7.19. The second-order valence-electron chi connectivity index (χ2n) is 9.73. The summed E-state index contributed by atoms with van der Waals surface area (Å²) in [5.41, 5.74) is 4.75. The first-order valence-corrected chi connectivity index (χ1v) is 12.5. The van der Waals surface area contributed by atoms with E-state index in [4.69, 9.17) is 9.84 Å². The molecule has 186 valence electrons. The Bertz CT molecular complexity index is 1020. The SMILES string of the molecule is C[C@@H](CC(=O)O)NC(=O)CCC1CCCCC1NC(=O)OCC1c2ccccc2-c2ccccc21. The first-order valence-electron chi connectivity index (χ1n) is 12.5. The first-order chi connectivity index (χ1) is 16.9. The molecule has 0 radical (unpaired) electrons. The topological polar surface area (TPSA) is 105 Å². The number of aliphatic carboxylic acids is 1. The highest BCUT2D eigenvalue weighted by atomic mass is 16.5. The van der Waals surface area contributed by atoms with E-state index >= 15 is 0 Å². The monoisotopic (exact) mass is 478 g/mol. The van der Waals surface area contributed by atoms with E-state index in [-0.39, 0.29) is 36.8 Å². The molecule has 2 aliphatic rings. The Kier molecular flexibility index (Phi) is 8.06. The molecule has 2 amide bonds. The molecule has 2 aliphatic carbocycles. The highest BCUT2D eigenvalue weighted by Crippen LogP contribution is 2.44. The first kappa shape index (κ1) is 24.8. The lowest BCUT2D eigenvalue weighted by atomic mass is 9.81. The zero-order valence-electron chi connectivity index (χ0n) is 20.2. The Balaban J connectivity index is 1.29. The highest BCUT2D eigenvalue weighted by Gasteiger charge is 2.31. The van der Waals surface area contributed by atoms with E-state index in [1.54, 1.807) is 6.92 Å². The number of fused-ring (bicyclic) bond motifs is 3. The van der Waals surface area contributed by atoms with E-state index in [1.165, 1.54) is 22.3 Å². The lowest BCUT2D eigenvalue weighted by Gasteiger charge is -2.32. The zero-order chi connectivity index (χ0) is 24.8. The fraction of sp³-hybridized carbons (Fsp3) is 0.464. The van der Waals surface area contributed by atoms with E-state index in [1.807, 2.05) is 24.3 Å². The number of carbonyl (C=O) groups is 3. The van der Waals surface area contributed by atoms with Crippen LogP contribution >= 0.6 is 0 Å². The Morgan fingerprint density at radius 2 is 1.63 bits per heavy atom. The number of carboxylic acid groups (broad SMARTS) is 1.